The van der Waals surface area contributed by atoms with Gasteiger partial charge in [0.25, 0.3) is 0 Å². The molecule has 0 bridgehead atoms. The van der Waals surface area contributed by atoms with Gasteiger partial charge in [0.2, 0.25) is 5.95 Å². The van der Waals surface area contributed by atoms with Crippen LogP contribution in [0.4, 0.5) is 61.6 Å². The Morgan fingerprint density at radius 3 is 2.09 bits per heavy atom. The molecule has 0 radical (unpaired) electrons. The lowest BCUT2D eigenvalue weighted by Gasteiger charge is -2.40. The third-order valence-corrected chi connectivity index (χ3v) is 9.26. The monoisotopic (exact) mass is 767 g/mol. The Hall–Kier alpha value is -5.06. The number of benzene rings is 3. The van der Waals surface area contributed by atoms with E-state index < -0.39 is 59.8 Å². The summed E-state index contributed by atoms with van der Waals surface area (Å²) < 4.78 is 135. The maximum absolute atomic E-state index is 14.0. The standard InChI is InChI=1S/C37H34F9N5O3/c1-2-27-19-29(28-18-24(35(38,39)40)8-9-31(28)51(27)34(52)54-21-22-6-4-3-5-7-22)48-33-47-20-32(50-10-12-53-13-11-50)30(49-33)16-23-14-25(36(41,42)43)17-26(15-23)37(44,45)46/h3-9,14-15,17-18,20,27,29H,2,10-13,16,19,21H2,1H3,(H,47,48,49)/t27-,29+/m1/s1. The van der Waals surface area contributed by atoms with Crippen LogP contribution in [-0.4, -0.2) is 48.4 Å². The molecule has 2 aliphatic rings. The van der Waals surface area contributed by atoms with Crippen molar-refractivity contribution in [3.8, 4) is 0 Å². The topological polar surface area (TPSA) is 79.8 Å². The largest absolute Gasteiger partial charge is 0.444 e. The van der Waals surface area contributed by atoms with Crippen molar-refractivity contribution in [2.75, 3.05) is 41.4 Å². The van der Waals surface area contributed by atoms with Crippen LogP contribution in [0.15, 0.2) is 72.9 Å². The predicted octanol–water partition coefficient (Wildman–Crippen LogP) is 9.44. The summed E-state index contributed by atoms with van der Waals surface area (Å²) >= 11 is 0. The summed E-state index contributed by atoms with van der Waals surface area (Å²) in [6.07, 6.45) is -14.3. The van der Waals surface area contributed by atoms with Crippen molar-refractivity contribution in [2.45, 2.75) is 63.4 Å². The summed E-state index contributed by atoms with van der Waals surface area (Å²) in [6, 6.07) is 11.6. The highest BCUT2D eigenvalue weighted by atomic mass is 19.4. The first-order valence-electron chi connectivity index (χ1n) is 17.0. The van der Waals surface area contributed by atoms with Gasteiger partial charge in [-0.25, -0.2) is 14.8 Å². The average Bonchev–Trinajstić information content (AvgIpc) is 3.13. The Bertz CT molecular complexity index is 1920. The van der Waals surface area contributed by atoms with Gasteiger partial charge in [0.1, 0.15) is 6.61 Å². The van der Waals surface area contributed by atoms with Gasteiger partial charge >= 0.3 is 24.6 Å². The molecule has 0 saturated carbocycles. The van der Waals surface area contributed by atoms with Crippen molar-refractivity contribution in [1.82, 2.24) is 9.97 Å². The van der Waals surface area contributed by atoms with Crippen LogP contribution in [0.5, 0.6) is 0 Å². The fraction of sp³-hybridized carbons (Fsp3) is 0.378. The molecule has 2 aliphatic heterocycles. The Morgan fingerprint density at radius 1 is 0.833 bits per heavy atom. The minimum Gasteiger partial charge on any atom is -0.444 e. The van der Waals surface area contributed by atoms with Crippen LogP contribution in [-0.2, 0) is 41.0 Å². The summed E-state index contributed by atoms with van der Waals surface area (Å²) in [4.78, 5) is 25.5. The number of alkyl halides is 9. The number of carbonyl (C=O) groups excluding carboxylic acids is 1. The molecule has 1 saturated heterocycles. The zero-order valence-electron chi connectivity index (χ0n) is 28.7. The lowest BCUT2D eigenvalue weighted by Crippen LogP contribution is -2.46. The number of nitrogens with zero attached hydrogens (tertiary/aromatic N) is 4. The van der Waals surface area contributed by atoms with Crippen LogP contribution in [0, 0.1) is 0 Å². The number of aromatic nitrogens is 2. The molecule has 0 aliphatic carbocycles. The fourth-order valence-electron chi connectivity index (χ4n) is 6.60. The van der Waals surface area contributed by atoms with E-state index in [0.29, 0.717) is 56.1 Å². The van der Waals surface area contributed by atoms with Crippen LogP contribution in [0.1, 0.15) is 64.9 Å². The maximum Gasteiger partial charge on any atom is 0.416 e. The van der Waals surface area contributed by atoms with Gasteiger partial charge in [-0.05, 0) is 65.9 Å². The molecule has 3 aromatic carbocycles. The van der Waals surface area contributed by atoms with Gasteiger partial charge in [0.15, 0.2) is 0 Å². The number of amides is 1. The second-order valence-electron chi connectivity index (χ2n) is 12.9. The summed E-state index contributed by atoms with van der Waals surface area (Å²) in [5, 5.41) is 3.05. The second-order valence-corrected chi connectivity index (χ2v) is 12.9. The molecule has 8 nitrogen and oxygen atoms in total. The molecule has 0 unspecified atom stereocenters. The number of nitrogens with one attached hydrogen (secondary N) is 1. The lowest BCUT2D eigenvalue weighted by molar-refractivity contribution is -0.143. The van der Waals surface area contributed by atoms with Gasteiger partial charge in [-0.3, -0.25) is 4.90 Å². The number of halogens is 9. The molecular formula is C37H34F9N5O3. The van der Waals surface area contributed by atoms with Gasteiger partial charge in [0.05, 0.1) is 59.2 Å². The maximum atomic E-state index is 14.0. The first-order valence-corrected chi connectivity index (χ1v) is 17.0. The molecule has 54 heavy (non-hydrogen) atoms. The predicted molar refractivity (Wildman–Crippen MR) is 180 cm³/mol. The summed E-state index contributed by atoms with van der Waals surface area (Å²) in [5.41, 5.74) is -2.88. The van der Waals surface area contributed by atoms with Crippen molar-refractivity contribution in [3.05, 3.63) is 112 Å². The number of hydrogen-bond donors (Lipinski definition) is 1. The number of fused-ring (bicyclic) bond motifs is 1. The minimum atomic E-state index is -5.07. The number of rotatable bonds is 8. The SMILES string of the molecule is CC[C@@H]1C[C@H](Nc2ncc(N3CCOCC3)c(Cc3cc(C(F)(F)F)cc(C(F)(F)F)c3)n2)c2cc(C(F)(F)F)ccc2N1C(=O)OCc1ccccc1. The molecule has 1 aromatic heterocycles. The third-order valence-electron chi connectivity index (χ3n) is 9.26. The zero-order valence-corrected chi connectivity index (χ0v) is 28.7. The van der Waals surface area contributed by atoms with Gasteiger partial charge in [0, 0.05) is 25.6 Å². The van der Waals surface area contributed by atoms with E-state index in [4.69, 9.17) is 9.47 Å². The summed E-state index contributed by atoms with van der Waals surface area (Å²) in [6.45, 7) is 2.99. The van der Waals surface area contributed by atoms with E-state index in [0.717, 1.165) is 12.1 Å². The molecule has 1 N–H and O–H groups in total. The van der Waals surface area contributed by atoms with Crippen LogP contribution in [0.3, 0.4) is 0 Å². The minimum absolute atomic E-state index is 0.0416. The molecule has 6 rings (SSSR count). The van der Waals surface area contributed by atoms with Crippen molar-refractivity contribution in [3.63, 3.8) is 0 Å². The van der Waals surface area contributed by atoms with E-state index >= 15 is 0 Å². The van der Waals surface area contributed by atoms with Crippen molar-refractivity contribution >= 4 is 23.4 Å². The molecule has 1 amide bonds. The van der Waals surface area contributed by atoms with E-state index in [-0.39, 0.29) is 47.6 Å². The number of anilines is 3. The second kappa shape index (κ2) is 15.4. The number of hydrogen-bond acceptors (Lipinski definition) is 7. The first-order chi connectivity index (χ1) is 25.5. The lowest BCUT2D eigenvalue weighted by atomic mass is 9.89. The van der Waals surface area contributed by atoms with E-state index in [1.54, 1.807) is 42.2 Å². The van der Waals surface area contributed by atoms with Gasteiger partial charge in [-0.1, -0.05) is 37.3 Å². The van der Waals surface area contributed by atoms with Crippen LogP contribution in [0.25, 0.3) is 0 Å². The molecule has 2 atom stereocenters. The van der Waals surface area contributed by atoms with Crippen molar-refractivity contribution in [2.24, 2.45) is 0 Å². The highest BCUT2D eigenvalue weighted by Gasteiger charge is 2.40. The molecular weight excluding hydrogens is 733 g/mol. The Labute approximate surface area is 303 Å². The molecule has 3 heterocycles. The Morgan fingerprint density at radius 2 is 1.48 bits per heavy atom. The zero-order chi connectivity index (χ0) is 38.8. The first kappa shape index (κ1) is 38.7. The van der Waals surface area contributed by atoms with Gasteiger partial charge in [-0.2, -0.15) is 39.5 Å². The molecule has 4 aromatic rings. The molecule has 0 spiro atoms. The number of morpholine rings is 1. The third kappa shape index (κ3) is 8.83. The smallest absolute Gasteiger partial charge is 0.416 e. The van der Waals surface area contributed by atoms with Crippen LogP contribution >= 0.6 is 0 Å². The van der Waals surface area contributed by atoms with Crippen molar-refractivity contribution in [1.29, 1.82) is 0 Å². The van der Waals surface area contributed by atoms with Crippen LogP contribution < -0.4 is 15.1 Å². The quantitative estimate of drug-likeness (QED) is 0.179. The van der Waals surface area contributed by atoms with Crippen LogP contribution in [0.2, 0.25) is 0 Å². The van der Waals surface area contributed by atoms with Gasteiger partial charge in [-0.15, -0.1) is 0 Å². The summed E-state index contributed by atoms with van der Waals surface area (Å²) in [5.74, 6) is -0.131. The molecule has 17 heteroatoms. The van der Waals surface area contributed by atoms with Crippen molar-refractivity contribution < 1.29 is 53.8 Å². The van der Waals surface area contributed by atoms with E-state index in [2.05, 4.69) is 15.3 Å². The van der Waals surface area contributed by atoms with Gasteiger partial charge < -0.3 is 19.7 Å². The number of carbonyl (C=O) groups is 1. The molecule has 288 valence electrons. The Kier molecular flexibility index (Phi) is 11.0. The fourth-order valence-corrected chi connectivity index (χ4v) is 6.60. The highest BCUT2D eigenvalue weighted by molar-refractivity contribution is 5.90. The Balaban J connectivity index is 1.38. The normalized spacial score (nSPS) is 18.0. The van der Waals surface area contributed by atoms with E-state index in [1.165, 1.54) is 17.2 Å². The summed E-state index contributed by atoms with van der Waals surface area (Å²) in [7, 11) is 0. The van der Waals surface area contributed by atoms with E-state index in [9.17, 15) is 44.3 Å². The highest BCUT2D eigenvalue weighted by Crippen LogP contribution is 2.43. The number of ether oxygens (including phenoxy) is 2. The van der Waals surface area contributed by atoms with E-state index in [1.807, 2.05) is 0 Å². The average molecular weight is 768 g/mol. The molecule has 1 fully saturated rings.